The first-order valence-corrected chi connectivity index (χ1v) is 7.15. The van der Waals surface area contributed by atoms with Gasteiger partial charge in [0.15, 0.2) is 5.78 Å². The molecule has 3 nitrogen and oxygen atoms in total. The molecule has 1 heterocycles. The van der Waals surface area contributed by atoms with Crippen LogP contribution in [0.2, 0.25) is 5.02 Å². The third-order valence-corrected chi connectivity index (χ3v) is 3.98. The zero-order valence-corrected chi connectivity index (χ0v) is 12.2. The Balaban J connectivity index is 2.20. The number of carbonyl (C=O) groups is 1. The molecule has 0 unspecified atom stereocenters. The normalized spacial score (nSPS) is 17.9. The topological polar surface area (TPSA) is 35.5 Å². The van der Waals surface area contributed by atoms with Crippen LogP contribution in [0.5, 0.6) is 0 Å². The van der Waals surface area contributed by atoms with E-state index in [1.807, 2.05) is 6.92 Å². The maximum Gasteiger partial charge on any atom is 0.169 e. The van der Waals surface area contributed by atoms with E-state index in [2.05, 4.69) is 0 Å². The van der Waals surface area contributed by atoms with E-state index in [9.17, 15) is 9.18 Å². The van der Waals surface area contributed by atoms with Crippen molar-refractivity contribution in [2.24, 2.45) is 0 Å². The Bertz CT molecular complexity index is 458. The molecule has 0 bridgehead atoms. The Morgan fingerprint density at radius 1 is 1.45 bits per heavy atom. The van der Waals surface area contributed by atoms with Gasteiger partial charge in [0, 0.05) is 49.7 Å². The van der Waals surface area contributed by atoms with E-state index >= 15 is 0 Å². The van der Waals surface area contributed by atoms with Gasteiger partial charge in [-0.25, -0.2) is 4.39 Å². The number of halogens is 2. The van der Waals surface area contributed by atoms with Gasteiger partial charge in [-0.3, -0.25) is 4.79 Å². The summed E-state index contributed by atoms with van der Waals surface area (Å²) in [7, 11) is 0. The average molecular weight is 301 g/mol. The molecule has 1 saturated heterocycles. The van der Waals surface area contributed by atoms with Crippen LogP contribution in [0.3, 0.4) is 0 Å². The lowest BCUT2D eigenvalue weighted by atomic mass is 9.86. The van der Waals surface area contributed by atoms with Crippen molar-refractivity contribution in [3.63, 3.8) is 0 Å². The lowest BCUT2D eigenvalue weighted by molar-refractivity contribution is -0.156. The van der Waals surface area contributed by atoms with Gasteiger partial charge in [-0.2, -0.15) is 0 Å². The highest BCUT2D eigenvalue weighted by Crippen LogP contribution is 2.29. The Morgan fingerprint density at radius 2 is 2.15 bits per heavy atom. The van der Waals surface area contributed by atoms with Crippen LogP contribution in [0.15, 0.2) is 18.2 Å². The molecule has 0 aliphatic carbocycles. The number of benzene rings is 1. The quantitative estimate of drug-likeness (QED) is 0.838. The Hall–Kier alpha value is -0.970. The second-order valence-corrected chi connectivity index (χ2v) is 5.25. The molecule has 0 spiro atoms. The highest BCUT2D eigenvalue weighted by atomic mass is 35.5. The predicted molar refractivity (Wildman–Crippen MR) is 74.5 cm³/mol. The maximum absolute atomic E-state index is 13.8. The molecule has 0 radical (unpaired) electrons. The second-order valence-electron chi connectivity index (χ2n) is 4.84. The van der Waals surface area contributed by atoms with Gasteiger partial charge in [0.2, 0.25) is 0 Å². The van der Waals surface area contributed by atoms with Gasteiger partial charge in [-0.05, 0) is 19.1 Å². The van der Waals surface area contributed by atoms with Crippen molar-refractivity contribution < 1.29 is 18.7 Å². The lowest BCUT2D eigenvalue weighted by Crippen LogP contribution is -2.47. The van der Waals surface area contributed by atoms with Crippen molar-refractivity contribution >= 4 is 17.4 Å². The Labute approximate surface area is 123 Å². The first-order chi connectivity index (χ1) is 9.59. The molecular weight excluding hydrogens is 283 g/mol. The van der Waals surface area contributed by atoms with Gasteiger partial charge in [0.25, 0.3) is 0 Å². The van der Waals surface area contributed by atoms with Crippen LogP contribution in [0.1, 0.15) is 25.3 Å². The minimum absolute atomic E-state index is 0.0501. The highest BCUT2D eigenvalue weighted by Gasteiger charge is 2.40. The van der Waals surface area contributed by atoms with E-state index < -0.39 is 11.4 Å². The summed E-state index contributed by atoms with van der Waals surface area (Å²) < 4.78 is 24.8. The number of Topliss-reactive ketones (excluding diaryl/α,β-unsaturated/α-hetero) is 1. The first kappa shape index (κ1) is 15.4. The van der Waals surface area contributed by atoms with Crippen LogP contribution in [0, 0.1) is 5.82 Å². The minimum atomic E-state index is -0.862. The standard InChI is InChI=1S/C15H18ClFO3/c1-2-20-15(6-8-19-9-7-15)14(18)10-11-12(16)4-3-5-13(11)17/h3-5H,2,6-10H2,1H3. The number of rotatable bonds is 5. The van der Waals surface area contributed by atoms with Gasteiger partial charge < -0.3 is 9.47 Å². The molecule has 20 heavy (non-hydrogen) atoms. The van der Waals surface area contributed by atoms with Crippen LogP contribution in [-0.4, -0.2) is 31.2 Å². The summed E-state index contributed by atoms with van der Waals surface area (Å²) in [5.41, 5.74) is -0.622. The van der Waals surface area contributed by atoms with Crippen LogP contribution in [0.25, 0.3) is 0 Å². The van der Waals surface area contributed by atoms with E-state index in [1.54, 1.807) is 6.07 Å². The van der Waals surface area contributed by atoms with Crippen LogP contribution in [0.4, 0.5) is 4.39 Å². The predicted octanol–water partition coefficient (Wildman–Crippen LogP) is 3.18. The van der Waals surface area contributed by atoms with Crippen molar-refractivity contribution in [2.45, 2.75) is 31.8 Å². The smallest absolute Gasteiger partial charge is 0.169 e. The Kier molecular flexibility index (Phi) is 5.13. The first-order valence-electron chi connectivity index (χ1n) is 6.77. The summed E-state index contributed by atoms with van der Waals surface area (Å²) in [6.07, 6.45) is 0.961. The fourth-order valence-corrected chi connectivity index (χ4v) is 2.73. The zero-order chi connectivity index (χ0) is 14.6. The van der Waals surface area contributed by atoms with Crippen molar-refractivity contribution in [1.82, 2.24) is 0 Å². The van der Waals surface area contributed by atoms with Gasteiger partial charge in [-0.1, -0.05) is 17.7 Å². The van der Waals surface area contributed by atoms with E-state index in [-0.39, 0.29) is 22.8 Å². The molecule has 110 valence electrons. The third-order valence-electron chi connectivity index (χ3n) is 3.63. The molecule has 1 aliphatic rings. The molecule has 5 heteroatoms. The summed E-state index contributed by atoms with van der Waals surface area (Å²) in [5, 5.41) is 0.275. The molecule has 1 aromatic rings. The lowest BCUT2D eigenvalue weighted by Gasteiger charge is -2.35. The third kappa shape index (κ3) is 3.19. The van der Waals surface area contributed by atoms with E-state index in [1.165, 1.54) is 12.1 Å². The molecular formula is C15H18ClFO3. The minimum Gasteiger partial charge on any atom is -0.381 e. The fraction of sp³-hybridized carbons (Fsp3) is 0.533. The number of ether oxygens (including phenoxy) is 2. The number of ketones is 1. The average Bonchev–Trinajstić information content (AvgIpc) is 2.44. The number of hydrogen-bond acceptors (Lipinski definition) is 3. The van der Waals surface area contributed by atoms with Gasteiger partial charge in [0.1, 0.15) is 11.4 Å². The summed E-state index contributed by atoms with van der Waals surface area (Å²) in [4.78, 5) is 12.6. The maximum atomic E-state index is 13.8. The van der Waals surface area contributed by atoms with Crippen LogP contribution < -0.4 is 0 Å². The van der Waals surface area contributed by atoms with Crippen molar-refractivity contribution in [1.29, 1.82) is 0 Å². The Morgan fingerprint density at radius 3 is 2.75 bits per heavy atom. The molecule has 1 fully saturated rings. The van der Waals surface area contributed by atoms with Crippen molar-refractivity contribution in [2.75, 3.05) is 19.8 Å². The molecule has 1 aliphatic heterocycles. The summed E-state index contributed by atoms with van der Waals surface area (Å²) in [5.74, 6) is -0.584. The van der Waals surface area contributed by atoms with E-state index in [0.29, 0.717) is 32.7 Å². The number of hydrogen-bond donors (Lipinski definition) is 0. The van der Waals surface area contributed by atoms with Gasteiger partial charge in [0.05, 0.1) is 0 Å². The second kappa shape index (κ2) is 6.66. The summed E-state index contributed by atoms with van der Waals surface area (Å²) >= 11 is 5.98. The van der Waals surface area contributed by atoms with E-state index in [0.717, 1.165) is 0 Å². The highest BCUT2D eigenvalue weighted by molar-refractivity contribution is 6.31. The zero-order valence-electron chi connectivity index (χ0n) is 11.5. The van der Waals surface area contributed by atoms with Crippen LogP contribution >= 0.6 is 11.6 Å². The molecule has 0 aromatic heterocycles. The summed E-state index contributed by atoms with van der Waals surface area (Å²) in [6.45, 7) is 3.25. The monoisotopic (exact) mass is 300 g/mol. The molecule has 0 N–H and O–H groups in total. The fourth-order valence-electron chi connectivity index (χ4n) is 2.50. The molecule has 1 aromatic carbocycles. The van der Waals surface area contributed by atoms with Crippen molar-refractivity contribution in [3.8, 4) is 0 Å². The molecule has 0 saturated carbocycles. The molecule has 0 atom stereocenters. The van der Waals surface area contributed by atoms with Gasteiger partial charge in [-0.15, -0.1) is 0 Å². The van der Waals surface area contributed by atoms with Crippen molar-refractivity contribution in [3.05, 3.63) is 34.6 Å². The van der Waals surface area contributed by atoms with Crippen LogP contribution in [-0.2, 0) is 20.7 Å². The summed E-state index contributed by atoms with van der Waals surface area (Å²) in [6, 6.07) is 4.43. The largest absolute Gasteiger partial charge is 0.381 e. The number of carbonyl (C=O) groups excluding carboxylic acids is 1. The molecule has 2 rings (SSSR count). The van der Waals surface area contributed by atoms with Gasteiger partial charge >= 0.3 is 0 Å². The SMILES string of the molecule is CCOC1(C(=O)Cc2c(F)cccc2Cl)CCOCC1. The molecule has 0 amide bonds. The van der Waals surface area contributed by atoms with E-state index in [4.69, 9.17) is 21.1 Å².